The minimum Gasteiger partial charge on any atom is -0.488 e. The van der Waals surface area contributed by atoms with Gasteiger partial charge >= 0.3 is 6.18 Å². The number of nitrogens with two attached hydrogens (primary N) is 1. The van der Waals surface area contributed by atoms with Crippen LogP contribution in [0, 0.1) is 5.92 Å². The van der Waals surface area contributed by atoms with Crippen LogP contribution in [0.1, 0.15) is 67.4 Å². The van der Waals surface area contributed by atoms with Gasteiger partial charge in [0.2, 0.25) is 11.8 Å². The maximum absolute atomic E-state index is 13.8. The summed E-state index contributed by atoms with van der Waals surface area (Å²) in [5, 5.41) is 15.6. The number of unbranched alkanes of at least 4 members (excludes halogenated alkanes) is 2. The molecular formula is C37H46F3N5O5. The number of hydrogen-bond acceptors (Lipinski definition) is 7. The van der Waals surface area contributed by atoms with Gasteiger partial charge in [0, 0.05) is 44.1 Å². The topological polar surface area (TPSA) is 137 Å². The number of ether oxygens (including phenoxy) is 1. The first-order chi connectivity index (χ1) is 23.7. The zero-order valence-corrected chi connectivity index (χ0v) is 28.6. The van der Waals surface area contributed by atoms with E-state index in [9.17, 15) is 32.7 Å². The average molecular weight is 698 g/mol. The lowest BCUT2D eigenvalue weighted by Gasteiger charge is -2.38. The van der Waals surface area contributed by atoms with E-state index in [-0.39, 0.29) is 42.2 Å². The molecule has 0 fully saturated rings. The van der Waals surface area contributed by atoms with Gasteiger partial charge in [0.05, 0.1) is 35.2 Å². The van der Waals surface area contributed by atoms with Crippen molar-refractivity contribution in [1.82, 2.24) is 9.80 Å². The quantitative estimate of drug-likeness (QED) is 0.117. The number of carbonyl (C=O) groups excluding carboxylic acids is 3. The highest BCUT2D eigenvalue weighted by molar-refractivity contribution is 6.00. The normalized spacial score (nSPS) is 17.0. The molecule has 4 rings (SSSR count). The van der Waals surface area contributed by atoms with Gasteiger partial charge in [-0.05, 0) is 74.8 Å². The molecule has 1 heterocycles. The summed E-state index contributed by atoms with van der Waals surface area (Å²) in [6, 6.07) is 16.5. The van der Waals surface area contributed by atoms with Crippen molar-refractivity contribution in [2.75, 3.05) is 43.1 Å². The summed E-state index contributed by atoms with van der Waals surface area (Å²) in [5.74, 6) is -0.539. The Kier molecular flexibility index (Phi) is 13.3. The molecule has 0 bridgehead atoms. The van der Waals surface area contributed by atoms with Gasteiger partial charge in [0.15, 0.2) is 0 Å². The van der Waals surface area contributed by atoms with Crippen LogP contribution in [-0.4, -0.2) is 71.5 Å². The van der Waals surface area contributed by atoms with Crippen molar-refractivity contribution < 1.29 is 37.4 Å². The van der Waals surface area contributed by atoms with E-state index in [1.54, 1.807) is 54.3 Å². The number of alkyl halides is 3. The Bertz CT molecular complexity index is 1620. The van der Waals surface area contributed by atoms with Crippen LogP contribution in [0.3, 0.4) is 0 Å². The van der Waals surface area contributed by atoms with E-state index in [2.05, 4.69) is 10.6 Å². The smallest absolute Gasteiger partial charge is 0.416 e. The van der Waals surface area contributed by atoms with E-state index in [0.29, 0.717) is 73.7 Å². The number of aliphatic hydroxyl groups excluding tert-OH is 1. The zero-order chi connectivity index (χ0) is 36.4. The maximum Gasteiger partial charge on any atom is 0.416 e. The standard InChI is InChI=1S/C37H46F3N5O5/c1-24-20-45(25(2)23-46)36(49)29-19-28(42-34(47)11-5-4-6-12-35(48)43-31-10-8-7-9-30(31)41)17-18-32(29)50-33(24)22-44(3)21-26-13-15-27(16-14-26)37(38,39)40/h7-10,13-19,24-25,33,46H,4-6,11-12,20-23,41H2,1-3H3,(H,42,47)(H,43,48)/t24-,25-,33-/m0/s1. The highest BCUT2D eigenvalue weighted by atomic mass is 19.4. The van der Waals surface area contributed by atoms with Crippen LogP contribution in [0.4, 0.5) is 30.2 Å². The molecule has 5 N–H and O–H groups in total. The average Bonchev–Trinajstić information content (AvgIpc) is 3.07. The monoisotopic (exact) mass is 697 g/mol. The number of nitrogen functional groups attached to an aromatic ring is 1. The molecule has 0 aromatic heterocycles. The number of rotatable bonds is 14. The first-order valence-electron chi connectivity index (χ1n) is 16.8. The van der Waals surface area contributed by atoms with Crippen molar-refractivity contribution in [2.24, 2.45) is 5.92 Å². The molecule has 270 valence electrons. The molecule has 0 unspecified atom stereocenters. The summed E-state index contributed by atoms with van der Waals surface area (Å²) >= 11 is 0. The Morgan fingerprint density at radius 3 is 2.32 bits per heavy atom. The predicted molar refractivity (Wildman–Crippen MR) is 187 cm³/mol. The molecular weight excluding hydrogens is 651 g/mol. The van der Waals surface area contributed by atoms with Crippen LogP contribution in [0.15, 0.2) is 66.7 Å². The number of anilines is 3. The minimum absolute atomic E-state index is 0.146. The first kappa shape index (κ1) is 38.2. The predicted octanol–water partition coefficient (Wildman–Crippen LogP) is 6.17. The van der Waals surface area contributed by atoms with E-state index in [1.807, 2.05) is 18.9 Å². The molecule has 0 saturated carbocycles. The van der Waals surface area contributed by atoms with Crippen LogP contribution in [0.5, 0.6) is 5.75 Å². The number of nitrogens with one attached hydrogen (secondary N) is 2. The second kappa shape index (κ2) is 17.3. The molecule has 0 spiro atoms. The molecule has 3 atom stereocenters. The number of para-hydroxylation sites is 2. The Hall–Kier alpha value is -4.62. The Labute approximate surface area is 290 Å². The number of halogens is 3. The second-order valence-electron chi connectivity index (χ2n) is 13.0. The summed E-state index contributed by atoms with van der Waals surface area (Å²) in [7, 11) is 1.85. The van der Waals surface area contributed by atoms with Crippen molar-refractivity contribution in [3.05, 3.63) is 83.4 Å². The maximum atomic E-state index is 13.8. The lowest BCUT2D eigenvalue weighted by molar-refractivity contribution is -0.137. The Balaban J connectivity index is 1.36. The molecule has 1 aliphatic rings. The van der Waals surface area contributed by atoms with E-state index >= 15 is 0 Å². The lowest BCUT2D eigenvalue weighted by Crippen LogP contribution is -2.49. The second-order valence-corrected chi connectivity index (χ2v) is 13.0. The van der Waals surface area contributed by atoms with Gasteiger partial charge in [0.25, 0.3) is 5.91 Å². The molecule has 10 nitrogen and oxygen atoms in total. The highest BCUT2D eigenvalue weighted by Crippen LogP contribution is 2.32. The van der Waals surface area contributed by atoms with Crippen LogP contribution < -0.4 is 21.1 Å². The van der Waals surface area contributed by atoms with E-state index in [4.69, 9.17) is 10.5 Å². The number of benzene rings is 3. The van der Waals surface area contributed by atoms with Gasteiger partial charge in [-0.2, -0.15) is 13.2 Å². The fourth-order valence-corrected chi connectivity index (χ4v) is 5.80. The van der Waals surface area contributed by atoms with Crippen molar-refractivity contribution in [3.63, 3.8) is 0 Å². The van der Waals surface area contributed by atoms with Gasteiger partial charge in [-0.1, -0.05) is 37.6 Å². The van der Waals surface area contributed by atoms with Gasteiger partial charge in [0.1, 0.15) is 11.9 Å². The number of hydrogen-bond donors (Lipinski definition) is 4. The van der Waals surface area contributed by atoms with Gasteiger partial charge in [-0.25, -0.2) is 0 Å². The number of aliphatic hydroxyl groups is 1. The molecule has 3 amide bonds. The third-order valence-corrected chi connectivity index (χ3v) is 8.72. The van der Waals surface area contributed by atoms with Crippen molar-refractivity contribution in [2.45, 2.75) is 70.8 Å². The Morgan fingerprint density at radius 1 is 1.02 bits per heavy atom. The molecule has 3 aromatic rings. The fraction of sp³-hybridized carbons (Fsp3) is 0.432. The fourth-order valence-electron chi connectivity index (χ4n) is 5.80. The summed E-state index contributed by atoms with van der Waals surface area (Å²) < 4.78 is 45.4. The van der Waals surface area contributed by atoms with Gasteiger partial charge < -0.3 is 31.1 Å². The first-order valence-corrected chi connectivity index (χ1v) is 16.8. The molecule has 0 saturated heterocycles. The van der Waals surface area contributed by atoms with Crippen LogP contribution in [0.25, 0.3) is 0 Å². The zero-order valence-electron chi connectivity index (χ0n) is 28.6. The molecule has 0 radical (unpaired) electrons. The Morgan fingerprint density at radius 2 is 1.68 bits per heavy atom. The van der Waals surface area contributed by atoms with E-state index < -0.39 is 23.9 Å². The number of fused-ring (bicyclic) bond motifs is 1. The van der Waals surface area contributed by atoms with Crippen LogP contribution in [0.2, 0.25) is 0 Å². The van der Waals surface area contributed by atoms with Crippen LogP contribution >= 0.6 is 0 Å². The SMILES string of the molecule is C[C@H]1CN([C@@H](C)CO)C(=O)c2cc(NC(=O)CCCCCC(=O)Nc3ccccc3N)ccc2O[C@H]1CN(C)Cc1ccc(C(F)(F)F)cc1. The third kappa shape index (κ3) is 10.7. The lowest BCUT2D eigenvalue weighted by atomic mass is 9.99. The van der Waals surface area contributed by atoms with Crippen molar-refractivity contribution >= 4 is 34.8 Å². The number of nitrogens with zero attached hydrogens (tertiary/aromatic N) is 2. The third-order valence-electron chi connectivity index (χ3n) is 8.72. The van der Waals surface area contributed by atoms with Crippen LogP contribution in [-0.2, 0) is 22.3 Å². The van der Waals surface area contributed by atoms with Crippen molar-refractivity contribution in [1.29, 1.82) is 0 Å². The molecule has 1 aliphatic heterocycles. The molecule has 0 aliphatic carbocycles. The molecule has 13 heteroatoms. The molecule has 50 heavy (non-hydrogen) atoms. The largest absolute Gasteiger partial charge is 0.488 e. The van der Waals surface area contributed by atoms with E-state index in [0.717, 1.165) is 12.1 Å². The number of carbonyl (C=O) groups is 3. The van der Waals surface area contributed by atoms with E-state index in [1.165, 1.54) is 12.1 Å². The summed E-state index contributed by atoms with van der Waals surface area (Å²) in [5.41, 5.74) is 7.61. The summed E-state index contributed by atoms with van der Waals surface area (Å²) in [4.78, 5) is 42.4. The minimum atomic E-state index is -4.41. The number of likely N-dealkylation sites (N-methyl/N-ethyl adjacent to an activating group) is 1. The number of amides is 3. The van der Waals surface area contributed by atoms with Crippen molar-refractivity contribution in [3.8, 4) is 5.75 Å². The molecule has 3 aromatic carbocycles. The summed E-state index contributed by atoms with van der Waals surface area (Å²) in [6.07, 6.45) is -2.43. The highest BCUT2D eigenvalue weighted by Gasteiger charge is 2.34. The summed E-state index contributed by atoms with van der Waals surface area (Å²) in [6.45, 7) is 4.56. The van der Waals surface area contributed by atoms with Gasteiger partial charge in [-0.3, -0.25) is 19.3 Å². The van der Waals surface area contributed by atoms with Gasteiger partial charge in [-0.15, -0.1) is 0 Å².